The monoisotopic (exact) mass is 349 g/mol. The van der Waals surface area contributed by atoms with Crippen molar-refractivity contribution >= 4 is 15.9 Å². The molecule has 0 radical (unpaired) electrons. The fraction of sp³-hybridized carbons (Fsp3) is 0.471. The van der Waals surface area contributed by atoms with Gasteiger partial charge in [-0.25, -0.2) is 8.42 Å². The van der Waals surface area contributed by atoms with Crippen molar-refractivity contribution in [1.29, 1.82) is 0 Å². The minimum absolute atomic E-state index is 0.138. The van der Waals surface area contributed by atoms with Crippen LogP contribution >= 0.6 is 0 Å². The summed E-state index contributed by atoms with van der Waals surface area (Å²) in [7, 11) is -3.49. The Balaban J connectivity index is 1.99. The maximum atomic E-state index is 12.8. The highest BCUT2D eigenvalue weighted by atomic mass is 32.2. The van der Waals surface area contributed by atoms with Gasteiger partial charge in [0.1, 0.15) is 0 Å². The molecule has 0 unspecified atom stereocenters. The molecule has 1 fully saturated rings. The lowest BCUT2D eigenvalue weighted by atomic mass is 10.2. The van der Waals surface area contributed by atoms with Gasteiger partial charge in [0, 0.05) is 26.2 Å². The van der Waals surface area contributed by atoms with E-state index in [-0.39, 0.29) is 19.0 Å². The molecule has 2 rings (SSSR count). The van der Waals surface area contributed by atoms with Crippen molar-refractivity contribution in [2.75, 3.05) is 39.3 Å². The standard InChI is InChI=1S/C17H23N3O3S/c1-3-9-18-17(21)14-19-10-12-20(13-11-19)24(22,23)16-8-6-5-7-15(16)4-2/h1,5-8H,4,9-14H2,2H3,(H,18,21). The van der Waals surface area contributed by atoms with Crippen LogP contribution in [0.25, 0.3) is 0 Å². The summed E-state index contributed by atoms with van der Waals surface area (Å²) >= 11 is 0. The molecule has 0 saturated carbocycles. The van der Waals surface area contributed by atoms with E-state index in [2.05, 4.69) is 11.2 Å². The molecule has 130 valence electrons. The first kappa shape index (κ1) is 18.5. The predicted molar refractivity (Wildman–Crippen MR) is 92.9 cm³/mol. The fourth-order valence-corrected chi connectivity index (χ4v) is 4.44. The Bertz CT molecular complexity index is 717. The molecule has 0 bridgehead atoms. The molecule has 1 aliphatic heterocycles. The number of terminal acetylenes is 1. The third-order valence-corrected chi connectivity index (χ3v) is 6.06. The van der Waals surface area contributed by atoms with E-state index in [0.29, 0.717) is 37.5 Å². The molecule has 1 amide bonds. The van der Waals surface area contributed by atoms with Crippen molar-refractivity contribution in [3.8, 4) is 12.3 Å². The van der Waals surface area contributed by atoms with E-state index in [1.165, 1.54) is 4.31 Å². The zero-order valence-corrected chi connectivity index (χ0v) is 14.7. The summed E-state index contributed by atoms with van der Waals surface area (Å²) in [6.07, 6.45) is 5.77. The van der Waals surface area contributed by atoms with Crippen molar-refractivity contribution in [1.82, 2.24) is 14.5 Å². The Labute approximate surface area is 143 Å². The molecule has 0 aliphatic carbocycles. The molecule has 24 heavy (non-hydrogen) atoms. The number of aryl methyl sites for hydroxylation is 1. The van der Waals surface area contributed by atoms with E-state index in [1.54, 1.807) is 12.1 Å². The van der Waals surface area contributed by atoms with Gasteiger partial charge in [-0.3, -0.25) is 9.69 Å². The molecule has 0 aromatic heterocycles. The first-order chi connectivity index (χ1) is 11.5. The lowest BCUT2D eigenvalue weighted by molar-refractivity contribution is -0.122. The van der Waals surface area contributed by atoms with Crippen LogP contribution in [0.3, 0.4) is 0 Å². The molecule has 0 spiro atoms. The van der Waals surface area contributed by atoms with Gasteiger partial charge in [-0.1, -0.05) is 31.0 Å². The minimum atomic E-state index is -3.49. The van der Waals surface area contributed by atoms with Crippen LogP contribution in [0.15, 0.2) is 29.2 Å². The van der Waals surface area contributed by atoms with Crippen molar-refractivity contribution in [2.24, 2.45) is 0 Å². The van der Waals surface area contributed by atoms with E-state index < -0.39 is 10.0 Å². The van der Waals surface area contributed by atoms with Crippen molar-refractivity contribution in [2.45, 2.75) is 18.2 Å². The summed E-state index contributed by atoms with van der Waals surface area (Å²) in [4.78, 5) is 14.0. The normalized spacial score (nSPS) is 16.5. The molecule has 1 heterocycles. The molecule has 7 heteroatoms. The van der Waals surface area contributed by atoms with Gasteiger partial charge < -0.3 is 5.32 Å². The number of hydrogen-bond acceptors (Lipinski definition) is 4. The summed E-state index contributed by atoms with van der Waals surface area (Å²) in [6.45, 7) is 4.20. The summed E-state index contributed by atoms with van der Waals surface area (Å²) in [5, 5.41) is 2.61. The molecule has 1 N–H and O–H groups in total. The highest BCUT2D eigenvalue weighted by Gasteiger charge is 2.30. The average molecular weight is 349 g/mol. The second-order valence-electron chi connectivity index (χ2n) is 5.62. The van der Waals surface area contributed by atoms with Gasteiger partial charge in [-0.2, -0.15) is 4.31 Å². The Morgan fingerprint density at radius 2 is 1.92 bits per heavy atom. The first-order valence-electron chi connectivity index (χ1n) is 7.99. The summed E-state index contributed by atoms with van der Waals surface area (Å²) < 4.78 is 27.2. The molecule has 1 aromatic carbocycles. The molecule has 1 saturated heterocycles. The number of nitrogens with zero attached hydrogens (tertiary/aromatic N) is 2. The highest BCUT2D eigenvalue weighted by Crippen LogP contribution is 2.21. The quantitative estimate of drug-likeness (QED) is 0.750. The molecule has 0 atom stereocenters. The van der Waals surface area contributed by atoms with Crippen LogP contribution in [0, 0.1) is 12.3 Å². The second kappa shape index (κ2) is 8.29. The van der Waals surface area contributed by atoms with Crippen LogP contribution in [0.4, 0.5) is 0 Å². The average Bonchev–Trinajstić information content (AvgIpc) is 2.60. The second-order valence-corrected chi connectivity index (χ2v) is 7.53. The smallest absolute Gasteiger partial charge is 0.243 e. The number of nitrogens with one attached hydrogen (secondary N) is 1. The lowest BCUT2D eigenvalue weighted by Crippen LogP contribution is -2.51. The molecule has 1 aromatic rings. The SMILES string of the molecule is C#CCNC(=O)CN1CCN(S(=O)(=O)c2ccccc2CC)CC1. The predicted octanol–water partition coefficient (Wildman–Crippen LogP) is 0.305. The number of carbonyl (C=O) groups is 1. The number of amides is 1. The number of hydrogen-bond donors (Lipinski definition) is 1. The van der Waals surface area contributed by atoms with Crippen molar-refractivity contribution in [3.05, 3.63) is 29.8 Å². The number of piperazine rings is 1. The third kappa shape index (κ3) is 4.35. The zero-order valence-electron chi connectivity index (χ0n) is 13.9. The maximum absolute atomic E-state index is 12.8. The minimum Gasteiger partial charge on any atom is -0.344 e. The van der Waals surface area contributed by atoms with E-state index in [1.807, 2.05) is 24.0 Å². The van der Waals surface area contributed by atoms with Crippen LogP contribution < -0.4 is 5.32 Å². The summed E-state index contributed by atoms with van der Waals surface area (Å²) in [5.74, 6) is 2.22. The van der Waals surface area contributed by atoms with Crippen LogP contribution in [-0.4, -0.2) is 62.8 Å². The van der Waals surface area contributed by atoms with Gasteiger partial charge in [0.25, 0.3) is 0 Å². The van der Waals surface area contributed by atoms with Crippen LogP contribution in [0.5, 0.6) is 0 Å². The van der Waals surface area contributed by atoms with Crippen LogP contribution in [-0.2, 0) is 21.2 Å². The Morgan fingerprint density at radius 3 is 2.54 bits per heavy atom. The van der Waals surface area contributed by atoms with Crippen molar-refractivity contribution in [3.63, 3.8) is 0 Å². The molecule has 1 aliphatic rings. The molecular weight excluding hydrogens is 326 g/mol. The number of benzene rings is 1. The van der Waals surface area contributed by atoms with E-state index >= 15 is 0 Å². The van der Waals surface area contributed by atoms with Crippen molar-refractivity contribution < 1.29 is 13.2 Å². The Morgan fingerprint density at radius 1 is 1.25 bits per heavy atom. The highest BCUT2D eigenvalue weighted by molar-refractivity contribution is 7.89. The van der Waals surface area contributed by atoms with E-state index in [9.17, 15) is 13.2 Å². The Kier molecular flexibility index (Phi) is 6.37. The van der Waals surface area contributed by atoms with Crippen LogP contribution in [0.1, 0.15) is 12.5 Å². The van der Waals surface area contributed by atoms with E-state index in [4.69, 9.17) is 6.42 Å². The largest absolute Gasteiger partial charge is 0.344 e. The molecule has 6 nitrogen and oxygen atoms in total. The molecular formula is C17H23N3O3S. The van der Waals surface area contributed by atoms with Gasteiger partial charge in [0.2, 0.25) is 15.9 Å². The fourth-order valence-electron chi connectivity index (χ4n) is 2.72. The van der Waals surface area contributed by atoms with Gasteiger partial charge in [-0.15, -0.1) is 6.42 Å². The number of rotatable bonds is 6. The number of sulfonamides is 1. The summed E-state index contributed by atoms with van der Waals surface area (Å²) in [5.41, 5.74) is 0.827. The first-order valence-corrected chi connectivity index (χ1v) is 9.43. The maximum Gasteiger partial charge on any atom is 0.243 e. The van der Waals surface area contributed by atoms with Gasteiger partial charge in [0.05, 0.1) is 18.0 Å². The van der Waals surface area contributed by atoms with Gasteiger partial charge in [0.15, 0.2) is 0 Å². The van der Waals surface area contributed by atoms with E-state index in [0.717, 1.165) is 5.56 Å². The lowest BCUT2D eigenvalue weighted by Gasteiger charge is -2.33. The zero-order chi connectivity index (χ0) is 17.6. The third-order valence-electron chi connectivity index (χ3n) is 4.06. The topological polar surface area (TPSA) is 69.7 Å². The Hall–Kier alpha value is -1.88. The van der Waals surface area contributed by atoms with Gasteiger partial charge >= 0.3 is 0 Å². The number of carbonyl (C=O) groups excluding carboxylic acids is 1. The summed E-state index contributed by atoms with van der Waals surface area (Å²) in [6, 6.07) is 7.11. The van der Waals surface area contributed by atoms with Crippen LogP contribution in [0.2, 0.25) is 0 Å². The van der Waals surface area contributed by atoms with Gasteiger partial charge in [-0.05, 0) is 18.1 Å².